The Kier molecular flexibility index (Phi) is 4.76. The topological polar surface area (TPSA) is 70.1 Å². The van der Waals surface area contributed by atoms with Gasteiger partial charge in [0.25, 0.3) is 0 Å². The highest BCUT2D eigenvalue weighted by Crippen LogP contribution is 2.25. The van der Waals surface area contributed by atoms with Crippen LogP contribution in [0.3, 0.4) is 0 Å². The van der Waals surface area contributed by atoms with Crippen LogP contribution in [-0.2, 0) is 0 Å². The molecule has 0 aliphatic rings. The molecule has 0 radical (unpaired) electrons. The monoisotopic (exact) mass is 242 g/mol. The summed E-state index contributed by atoms with van der Waals surface area (Å²) in [4.78, 5) is 0.772. The smallest absolute Gasteiger partial charge is 0.124 e. The highest BCUT2D eigenvalue weighted by Gasteiger charge is 2.09. The second-order valence-corrected chi connectivity index (χ2v) is 4.71. The number of nitrogen functional groups attached to an aromatic ring is 1. The maximum Gasteiger partial charge on any atom is 0.124 e. The molecule has 0 saturated carbocycles. The van der Waals surface area contributed by atoms with Gasteiger partial charge in [-0.2, -0.15) is 0 Å². The summed E-state index contributed by atoms with van der Waals surface area (Å²) in [6.07, 6.45) is 0. The molecule has 0 aliphatic carbocycles. The predicted octanol–water partition coefficient (Wildman–Crippen LogP) is 1.83. The van der Waals surface area contributed by atoms with Gasteiger partial charge in [0, 0.05) is 22.8 Å². The quantitative estimate of drug-likeness (QED) is 0.419. The lowest BCUT2D eigenvalue weighted by Gasteiger charge is -2.10. The molecule has 88 valence electrons. The van der Waals surface area contributed by atoms with Crippen LogP contribution in [-0.4, -0.2) is 23.3 Å². The number of thioether (sulfide) groups is 1. The van der Waals surface area contributed by atoms with Gasteiger partial charge in [-0.25, -0.2) is 4.39 Å². The number of aliphatic hydroxyl groups excluding tert-OH is 1. The van der Waals surface area contributed by atoms with Crippen molar-refractivity contribution in [3.63, 3.8) is 0 Å². The molecule has 0 saturated heterocycles. The summed E-state index contributed by atoms with van der Waals surface area (Å²) < 4.78 is 13.0. The lowest BCUT2D eigenvalue weighted by molar-refractivity contribution is 0.250. The number of nitrogens with one attached hydrogen (secondary N) is 1. The van der Waals surface area contributed by atoms with E-state index in [9.17, 15) is 4.39 Å². The third kappa shape index (κ3) is 3.50. The minimum absolute atomic E-state index is 0.115. The van der Waals surface area contributed by atoms with Crippen LogP contribution in [0.2, 0.25) is 0 Å². The van der Waals surface area contributed by atoms with Crippen molar-refractivity contribution in [2.24, 2.45) is 11.7 Å². The van der Waals surface area contributed by atoms with Gasteiger partial charge in [-0.1, -0.05) is 6.92 Å². The SMILES string of the molecule is CC(CO)CSc1ccc(F)cc1C(=N)N. The second-order valence-electron chi connectivity index (χ2n) is 3.65. The van der Waals surface area contributed by atoms with Crippen molar-refractivity contribution in [1.82, 2.24) is 0 Å². The predicted molar refractivity (Wildman–Crippen MR) is 64.4 cm³/mol. The van der Waals surface area contributed by atoms with E-state index in [0.717, 1.165) is 4.90 Å². The van der Waals surface area contributed by atoms with Gasteiger partial charge in [0.2, 0.25) is 0 Å². The van der Waals surface area contributed by atoms with Crippen molar-refractivity contribution in [2.75, 3.05) is 12.4 Å². The summed E-state index contributed by atoms with van der Waals surface area (Å²) in [5.74, 6) is 0.334. The average Bonchev–Trinajstić information content (AvgIpc) is 2.26. The van der Waals surface area contributed by atoms with Crippen molar-refractivity contribution in [2.45, 2.75) is 11.8 Å². The molecule has 5 heteroatoms. The summed E-state index contributed by atoms with van der Waals surface area (Å²) in [6.45, 7) is 2.04. The number of benzene rings is 1. The van der Waals surface area contributed by atoms with Crippen LogP contribution >= 0.6 is 11.8 Å². The van der Waals surface area contributed by atoms with Gasteiger partial charge in [0.1, 0.15) is 11.7 Å². The molecule has 1 aromatic carbocycles. The first-order valence-corrected chi connectivity index (χ1v) is 5.90. The van der Waals surface area contributed by atoms with Crippen molar-refractivity contribution < 1.29 is 9.50 Å². The fourth-order valence-electron chi connectivity index (χ4n) is 1.12. The number of hydrogen-bond acceptors (Lipinski definition) is 3. The number of aliphatic hydroxyl groups is 1. The molecule has 0 aromatic heterocycles. The minimum atomic E-state index is -0.398. The highest BCUT2D eigenvalue weighted by atomic mass is 32.2. The maximum atomic E-state index is 13.0. The van der Waals surface area contributed by atoms with Crippen molar-refractivity contribution in [3.8, 4) is 0 Å². The number of hydrogen-bond donors (Lipinski definition) is 3. The van der Waals surface area contributed by atoms with E-state index in [-0.39, 0.29) is 18.4 Å². The van der Waals surface area contributed by atoms with E-state index in [1.807, 2.05) is 6.92 Å². The standard InChI is InChI=1S/C11H15FN2OS/c1-7(5-15)6-16-10-3-2-8(12)4-9(10)11(13)14/h2-4,7,15H,5-6H2,1H3,(H3,13,14). The molecule has 0 fully saturated rings. The number of rotatable bonds is 5. The zero-order valence-electron chi connectivity index (χ0n) is 9.03. The first kappa shape index (κ1) is 13.0. The Bertz CT molecular complexity index is 384. The molecule has 1 atom stereocenters. The van der Waals surface area contributed by atoms with Crippen LogP contribution < -0.4 is 5.73 Å². The second kappa shape index (κ2) is 5.86. The first-order valence-electron chi connectivity index (χ1n) is 4.92. The summed E-state index contributed by atoms with van der Waals surface area (Å²) in [5, 5.41) is 16.2. The normalized spacial score (nSPS) is 12.4. The molecular weight excluding hydrogens is 227 g/mol. The molecular formula is C11H15FN2OS. The number of halogens is 1. The average molecular weight is 242 g/mol. The van der Waals surface area contributed by atoms with E-state index in [4.69, 9.17) is 16.2 Å². The fraction of sp³-hybridized carbons (Fsp3) is 0.364. The Morgan fingerprint density at radius 1 is 1.62 bits per heavy atom. The van der Waals surface area contributed by atoms with Gasteiger partial charge in [0.15, 0.2) is 0 Å². The van der Waals surface area contributed by atoms with Gasteiger partial charge in [-0.3, -0.25) is 5.41 Å². The van der Waals surface area contributed by atoms with Crippen molar-refractivity contribution >= 4 is 17.6 Å². The summed E-state index contributed by atoms with van der Waals surface area (Å²) in [7, 11) is 0. The van der Waals surface area contributed by atoms with Gasteiger partial charge >= 0.3 is 0 Å². The van der Waals surface area contributed by atoms with Crippen LogP contribution in [0.5, 0.6) is 0 Å². The summed E-state index contributed by atoms with van der Waals surface area (Å²) in [6, 6.07) is 4.22. The summed E-state index contributed by atoms with van der Waals surface area (Å²) >= 11 is 1.47. The van der Waals surface area contributed by atoms with E-state index < -0.39 is 5.82 Å². The zero-order valence-corrected chi connectivity index (χ0v) is 9.85. The van der Waals surface area contributed by atoms with Crippen LogP contribution in [0.1, 0.15) is 12.5 Å². The van der Waals surface area contributed by atoms with E-state index in [2.05, 4.69) is 0 Å². The number of amidine groups is 1. The van der Waals surface area contributed by atoms with E-state index >= 15 is 0 Å². The van der Waals surface area contributed by atoms with E-state index in [1.54, 1.807) is 6.07 Å². The first-order chi connectivity index (χ1) is 7.54. The Labute approximate surface area is 98.4 Å². The molecule has 1 rings (SSSR count). The maximum absolute atomic E-state index is 13.0. The van der Waals surface area contributed by atoms with E-state index in [1.165, 1.54) is 23.9 Å². The Hall–Kier alpha value is -1.07. The Morgan fingerprint density at radius 3 is 2.88 bits per heavy atom. The summed E-state index contributed by atoms with van der Waals surface area (Å²) in [5.41, 5.74) is 5.79. The number of nitrogens with two attached hydrogens (primary N) is 1. The van der Waals surface area contributed by atoms with Crippen LogP contribution in [0.15, 0.2) is 23.1 Å². The van der Waals surface area contributed by atoms with Crippen molar-refractivity contribution in [1.29, 1.82) is 5.41 Å². The van der Waals surface area contributed by atoms with Gasteiger partial charge < -0.3 is 10.8 Å². The largest absolute Gasteiger partial charge is 0.396 e. The van der Waals surface area contributed by atoms with Gasteiger partial charge in [-0.05, 0) is 24.1 Å². The highest BCUT2D eigenvalue weighted by molar-refractivity contribution is 7.99. The Morgan fingerprint density at radius 2 is 2.31 bits per heavy atom. The molecule has 16 heavy (non-hydrogen) atoms. The van der Waals surface area contributed by atoms with Crippen molar-refractivity contribution in [3.05, 3.63) is 29.6 Å². The fourth-order valence-corrected chi connectivity index (χ4v) is 2.18. The zero-order chi connectivity index (χ0) is 12.1. The van der Waals surface area contributed by atoms with Gasteiger partial charge in [-0.15, -0.1) is 11.8 Å². The molecule has 0 heterocycles. The van der Waals surface area contributed by atoms with Crippen LogP contribution in [0.25, 0.3) is 0 Å². The molecule has 1 unspecified atom stereocenters. The van der Waals surface area contributed by atoms with Crippen LogP contribution in [0.4, 0.5) is 4.39 Å². The lowest BCUT2D eigenvalue weighted by atomic mass is 10.2. The van der Waals surface area contributed by atoms with Crippen LogP contribution in [0, 0.1) is 17.1 Å². The minimum Gasteiger partial charge on any atom is -0.396 e. The molecule has 0 aliphatic heterocycles. The van der Waals surface area contributed by atoms with E-state index in [0.29, 0.717) is 11.3 Å². The van der Waals surface area contributed by atoms with Gasteiger partial charge in [0.05, 0.1) is 0 Å². The molecule has 3 nitrogen and oxygen atoms in total. The third-order valence-electron chi connectivity index (χ3n) is 2.07. The molecule has 0 amide bonds. The molecule has 0 spiro atoms. The Balaban J connectivity index is 2.82. The third-order valence-corrected chi connectivity index (χ3v) is 3.47. The lowest BCUT2D eigenvalue weighted by Crippen LogP contribution is -2.13. The molecule has 1 aromatic rings. The molecule has 0 bridgehead atoms. The molecule has 4 N–H and O–H groups in total.